The predicted molar refractivity (Wildman–Crippen MR) is 74.4 cm³/mol. The van der Waals surface area contributed by atoms with E-state index in [9.17, 15) is 15.3 Å². The third kappa shape index (κ3) is 2.16. The van der Waals surface area contributed by atoms with Gasteiger partial charge in [0.1, 0.15) is 18.3 Å². The van der Waals surface area contributed by atoms with Crippen LogP contribution in [0.25, 0.3) is 11.2 Å². The van der Waals surface area contributed by atoms with Crippen molar-refractivity contribution < 1.29 is 24.8 Å². The van der Waals surface area contributed by atoms with Crippen LogP contribution in [-0.4, -0.2) is 73.9 Å². The number of aliphatic hydroxyl groups excluding tert-OH is 3. The lowest BCUT2D eigenvalue weighted by atomic mass is 10.1. The molecule has 3 heterocycles. The van der Waals surface area contributed by atoms with Crippen LogP contribution in [-0.2, 0) is 4.74 Å². The fourth-order valence-corrected chi connectivity index (χ4v) is 2.46. The summed E-state index contributed by atoms with van der Waals surface area (Å²) in [6, 6.07) is 0.130. The molecule has 0 aromatic carbocycles. The topological polar surface area (TPSA) is 135 Å². The van der Waals surface area contributed by atoms with Crippen LogP contribution in [0.5, 0.6) is 6.01 Å². The number of rotatable bonds is 4. The Morgan fingerprint density at radius 3 is 2.73 bits per heavy atom. The number of methoxy groups -OCH3 is 1. The maximum Gasteiger partial charge on any atom is 0.320 e. The van der Waals surface area contributed by atoms with Crippen LogP contribution in [0.15, 0.2) is 6.33 Å². The zero-order valence-corrected chi connectivity index (χ0v) is 12.0. The Balaban J connectivity index is 2.08. The van der Waals surface area contributed by atoms with E-state index in [1.54, 1.807) is 7.05 Å². The van der Waals surface area contributed by atoms with Crippen LogP contribution in [0, 0.1) is 0 Å². The molecular weight excluding hydrogens is 294 g/mol. The maximum absolute atomic E-state index is 10.1. The molecule has 1 aliphatic heterocycles. The molecule has 0 spiro atoms. The van der Waals surface area contributed by atoms with Gasteiger partial charge < -0.3 is 30.1 Å². The van der Waals surface area contributed by atoms with Crippen molar-refractivity contribution in [2.45, 2.75) is 24.5 Å². The molecule has 120 valence electrons. The summed E-state index contributed by atoms with van der Waals surface area (Å²) in [7, 11) is 3.13. The van der Waals surface area contributed by atoms with E-state index in [4.69, 9.17) is 9.47 Å². The Kier molecular flexibility index (Phi) is 3.83. The Labute approximate surface area is 125 Å². The monoisotopic (exact) mass is 311 g/mol. The van der Waals surface area contributed by atoms with Crippen molar-refractivity contribution in [1.82, 2.24) is 19.5 Å². The average Bonchev–Trinajstić information content (AvgIpc) is 3.08. The molecule has 1 aliphatic rings. The van der Waals surface area contributed by atoms with E-state index in [1.165, 1.54) is 18.0 Å². The Morgan fingerprint density at radius 1 is 1.36 bits per heavy atom. The first-order valence-electron chi connectivity index (χ1n) is 6.69. The van der Waals surface area contributed by atoms with E-state index in [-0.39, 0.29) is 6.01 Å². The smallest absolute Gasteiger partial charge is 0.320 e. The van der Waals surface area contributed by atoms with Crippen molar-refractivity contribution in [1.29, 1.82) is 0 Å². The van der Waals surface area contributed by atoms with Gasteiger partial charge in [-0.3, -0.25) is 4.57 Å². The first-order chi connectivity index (χ1) is 10.6. The summed E-state index contributed by atoms with van der Waals surface area (Å²) in [4.78, 5) is 12.5. The summed E-state index contributed by atoms with van der Waals surface area (Å²) in [6.45, 7) is -0.401. The van der Waals surface area contributed by atoms with E-state index in [2.05, 4.69) is 20.3 Å². The van der Waals surface area contributed by atoms with Crippen LogP contribution in [0.1, 0.15) is 6.23 Å². The molecule has 4 N–H and O–H groups in total. The molecule has 0 radical (unpaired) electrons. The van der Waals surface area contributed by atoms with Gasteiger partial charge >= 0.3 is 6.01 Å². The molecule has 2 aromatic heterocycles. The number of hydrogen-bond donors (Lipinski definition) is 4. The summed E-state index contributed by atoms with van der Waals surface area (Å²) >= 11 is 0. The molecule has 1 fully saturated rings. The quantitative estimate of drug-likeness (QED) is 0.531. The van der Waals surface area contributed by atoms with Crippen LogP contribution < -0.4 is 10.1 Å². The van der Waals surface area contributed by atoms with E-state index >= 15 is 0 Å². The lowest BCUT2D eigenvalue weighted by Gasteiger charge is -2.16. The van der Waals surface area contributed by atoms with Gasteiger partial charge in [0.15, 0.2) is 23.2 Å². The summed E-state index contributed by atoms with van der Waals surface area (Å²) in [5.74, 6) is 0.465. The molecule has 0 aliphatic carbocycles. The molecule has 10 nitrogen and oxygen atoms in total. The number of nitrogens with zero attached hydrogens (tertiary/aromatic N) is 4. The molecule has 0 bridgehead atoms. The molecular formula is C12H17N5O5. The molecule has 3 rings (SSSR count). The number of fused-ring (bicyclic) bond motifs is 1. The Morgan fingerprint density at radius 2 is 2.14 bits per heavy atom. The number of aromatic nitrogens is 4. The zero-order chi connectivity index (χ0) is 15.9. The average molecular weight is 311 g/mol. The molecule has 0 saturated carbocycles. The number of imidazole rings is 1. The van der Waals surface area contributed by atoms with Crippen molar-refractivity contribution in [2.24, 2.45) is 0 Å². The lowest BCUT2D eigenvalue weighted by molar-refractivity contribution is -0.0511. The van der Waals surface area contributed by atoms with Crippen molar-refractivity contribution in [3.8, 4) is 6.01 Å². The third-order valence-corrected chi connectivity index (χ3v) is 3.61. The van der Waals surface area contributed by atoms with Gasteiger partial charge in [0.05, 0.1) is 20.0 Å². The highest BCUT2D eigenvalue weighted by Crippen LogP contribution is 2.32. The van der Waals surface area contributed by atoms with E-state index in [0.717, 1.165) is 0 Å². The highest BCUT2D eigenvalue weighted by atomic mass is 16.6. The summed E-state index contributed by atoms with van der Waals surface area (Å²) < 4.78 is 12.0. The van der Waals surface area contributed by atoms with Crippen molar-refractivity contribution in [2.75, 3.05) is 26.1 Å². The van der Waals surface area contributed by atoms with Crippen molar-refractivity contribution >= 4 is 17.0 Å². The SMILES string of the molecule is CNc1nc(OC)nc2c1ncn2C1O[C@H](CO)[C@@H](O)[C@H]1O. The second kappa shape index (κ2) is 5.65. The number of aliphatic hydroxyl groups is 3. The Bertz CT molecular complexity index is 677. The highest BCUT2D eigenvalue weighted by molar-refractivity contribution is 5.83. The minimum Gasteiger partial charge on any atom is -0.467 e. The van der Waals surface area contributed by atoms with Gasteiger partial charge in [0.25, 0.3) is 0 Å². The second-order valence-electron chi connectivity index (χ2n) is 4.86. The maximum atomic E-state index is 10.1. The summed E-state index contributed by atoms with van der Waals surface area (Å²) in [6.07, 6.45) is -2.76. The van der Waals surface area contributed by atoms with Gasteiger partial charge in [-0.15, -0.1) is 0 Å². The van der Waals surface area contributed by atoms with Crippen LogP contribution in [0.3, 0.4) is 0 Å². The molecule has 10 heteroatoms. The first-order valence-corrected chi connectivity index (χ1v) is 6.69. The van der Waals surface area contributed by atoms with Gasteiger partial charge in [0, 0.05) is 7.05 Å². The van der Waals surface area contributed by atoms with Crippen LogP contribution >= 0.6 is 0 Å². The van der Waals surface area contributed by atoms with Crippen molar-refractivity contribution in [3.63, 3.8) is 0 Å². The summed E-state index contributed by atoms with van der Waals surface area (Å²) in [5.41, 5.74) is 0.854. The van der Waals surface area contributed by atoms with E-state index in [0.29, 0.717) is 17.0 Å². The van der Waals surface area contributed by atoms with Crippen LogP contribution in [0.2, 0.25) is 0 Å². The number of nitrogens with one attached hydrogen (secondary N) is 1. The lowest BCUT2D eigenvalue weighted by Crippen LogP contribution is -2.33. The normalized spacial score (nSPS) is 28.2. The molecule has 1 unspecified atom stereocenters. The van der Waals surface area contributed by atoms with E-state index in [1.807, 2.05) is 0 Å². The molecule has 0 amide bonds. The van der Waals surface area contributed by atoms with Crippen molar-refractivity contribution in [3.05, 3.63) is 6.33 Å². The van der Waals surface area contributed by atoms with E-state index < -0.39 is 31.1 Å². The minimum absolute atomic E-state index is 0.130. The standard InChI is InChI=1S/C12H17N5O5/c1-13-9-6-10(16-12(15-9)21-2)17(4-14-6)11-8(20)7(19)5(3-18)22-11/h4-5,7-8,11,18-20H,3H2,1-2H3,(H,13,15,16)/t5-,7-,8-,11?/m1/s1. The summed E-state index contributed by atoms with van der Waals surface area (Å²) in [5, 5.41) is 32.0. The van der Waals surface area contributed by atoms with Gasteiger partial charge in [0.2, 0.25) is 0 Å². The highest BCUT2D eigenvalue weighted by Gasteiger charge is 2.44. The molecule has 4 atom stereocenters. The zero-order valence-electron chi connectivity index (χ0n) is 12.0. The van der Waals surface area contributed by atoms with Gasteiger partial charge in [-0.05, 0) is 0 Å². The predicted octanol–water partition coefficient (Wildman–Crippen LogP) is -1.51. The number of ether oxygens (including phenoxy) is 2. The van der Waals surface area contributed by atoms with Gasteiger partial charge in [-0.2, -0.15) is 9.97 Å². The fourth-order valence-electron chi connectivity index (χ4n) is 2.46. The molecule has 1 saturated heterocycles. The minimum atomic E-state index is -1.21. The second-order valence-corrected chi connectivity index (χ2v) is 4.86. The first kappa shape index (κ1) is 14.9. The van der Waals surface area contributed by atoms with Gasteiger partial charge in [-0.25, -0.2) is 4.98 Å². The Hall–Kier alpha value is -2.01. The number of anilines is 1. The number of hydrogen-bond acceptors (Lipinski definition) is 9. The largest absolute Gasteiger partial charge is 0.467 e. The molecule has 22 heavy (non-hydrogen) atoms. The van der Waals surface area contributed by atoms with Gasteiger partial charge in [-0.1, -0.05) is 0 Å². The van der Waals surface area contributed by atoms with Crippen LogP contribution in [0.4, 0.5) is 5.82 Å². The third-order valence-electron chi connectivity index (χ3n) is 3.61. The molecule has 2 aromatic rings. The fraction of sp³-hybridized carbons (Fsp3) is 0.583.